The zero-order valence-corrected chi connectivity index (χ0v) is 15.3. The van der Waals surface area contributed by atoms with E-state index in [0.29, 0.717) is 10.6 Å². The Balaban J connectivity index is 2.14. The van der Waals surface area contributed by atoms with Crippen LogP contribution in [0.25, 0.3) is 0 Å². The topological polar surface area (TPSA) is 87.4 Å². The van der Waals surface area contributed by atoms with Crippen molar-refractivity contribution in [3.8, 4) is 0 Å². The molecule has 6 nitrogen and oxygen atoms in total. The summed E-state index contributed by atoms with van der Waals surface area (Å²) >= 11 is 5.86. The molecular weight excluding hydrogens is 387 g/mol. The number of imidazole rings is 1. The molecule has 3 N–H and O–H groups in total. The Labute approximate surface area is 158 Å². The Morgan fingerprint density at radius 1 is 1.33 bits per heavy atom. The number of nitrogens with one attached hydrogen (secondary N) is 1. The van der Waals surface area contributed by atoms with Gasteiger partial charge in [-0.25, -0.2) is 4.98 Å². The highest BCUT2D eigenvalue weighted by atomic mass is 35.5. The fourth-order valence-corrected chi connectivity index (χ4v) is 2.75. The molecule has 0 aliphatic heterocycles. The first-order valence-corrected chi connectivity index (χ1v) is 8.26. The predicted octanol–water partition coefficient (Wildman–Crippen LogP) is 2.24. The maximum absolute atomic E-state index is 13.4. The standard InChI is InChI=1S/C17H19ClF3N3O3/c1-15(26,11-4-3-5-12(18)8-11)10-23-13(25)9-16(27,17(19,20)21)14-22-6-7-24(14)2/h3-8,26-27H,9-10H2,1-2H3,(H,23,25)/t15-,16-/m1/s1. The third-order valence-electron chi connectivity index (χ3n) is 4.15. The van der Waals surface area contributed by atoms with Gasteiger partial charge in [0, 0.05) is 24.5 Å². The van der Waals surface area contributed by atoms with Gasteiger partial charge in [0.05, 0.1) is 13.0 Å². The van der Waals surface area contributed by atoms with Gasteiger partial charge in [0.25, 0.3) is 0 Å². The molecular formula is C17H19ClF3N3O3. The summed E-state index contributed by atoms with van der Waals surface area (Å²) in [5.41, 5.74) is -4.65. The van der Waals surface area contributed by atoms with Gasteiger partial charge in [0.1, 0.15) is 5.60 Å². The van der Waals surface area contributed by atoms with Gasteiger partial charge in [-0.3, -0.25) is 4.79 Å². The summed E-state index contributed by atoms with van der Waals surface area (Å²) in [6, 6.07) is 6.24. The van der Waals surface area contributed by atoms with E-state index in [1.165, 1.54) is 26.2 Å². The number of carbonyl (C=O) groups is 1. The number of aromatic nitrogens is 2. The Morgan fingerprint density at radius 3 is 2.52 bits per heavy atom. The Kier molecular flexibility index (Phi) is 5.88. The summed E-state index contributed by atoms with van der Waals surface area (Å²) in [5, 5.41) is 23.2. The van der Waals surface area contributed by atoms with Gasteiger partial charge < -0.3 is 20.1 Å². The van der Waals surface area contributed by atoms with Crippen LogP contribution in [0.15, 0.2) is 36.7 Å². The van der Waals surface area contributed by atoms with Crippen LogP contribution in [0, 0.1) is 0 Å². The van der Waals surface area contributed by atoms with Crippen molar-refractivity contribution >= 4 is 17.5 Å². The molecule has 0 saturated heterocycles. The minimum atomic E-state index is -5.13. The third-order valence-corrected chi connectivity index (χ3v) is 4.39. The van der Waals surface area contributed by atoms with Crippen molar-refractivity contribution in [2.75, 3.05) is 6.54 Å². The molecule has 148 valence electrons. The van der Waals surface area contributed by atoms with Crippen molar-refractivity contribution in [3.05, 3.63) is 53.1 Å². The van der Waals surface area contributed by atoms with Crippen molar-refractivity contribution in [1.82, 2.24) is 14.9 Å². The van der Waals surface area contributed by atoms with E-state index in [2.05, 4.69) is 10.3 Å². The summed E-state index contributed by atoms with van der Waals surface area (Å²) in [7, 11) is 1.28. The summed E-state index contributed by atoms with van der Waals surface area (Å²) < 4.78 is 41.3. The van der Waals surface area contributed by atoms with E-state index >= 15 is 0 Å². The van der Waals surface area contributed by atoms with Gasteiger partial charge >= 0.3 is 6.18 Å². The summed E-state index contributed by atoms with van der Waals surface area (Å²) in [4.78, 5) is 15.6. The molecule has 0 bridgehead atoms. The first kappa shape index (κ1) is 21.2. The molecule has 10 heteroatoms. The lowest BCUT2D eigenvalue weighted by atomic mass is 9.94. The van der Waals surface area contributed by atoms with E-state index in [1.807, 2.05) is 0 Å². The number of hydrogen-bond acceptors (Lipinski definition) is 4. The van der Waals surface area contributed by atoms with Gasteiger partial charge in [-0.2, -0.15) is 13.2 Å². The molecule has 1 amide bonds. The van der Waals surface area contributed by atoms with Crippen molar-refractivity contribution in [1.29, 1.82) is 0 Å². The van der Waals surface area contributed by atoms with Crippen LogP contribution in [0.3, 0.4) is 0 Å². The lowest BCUT2D eigenvalue weighted by Gasteiger charge is -2.30. The molecule has 2 atom stereocenters. The molecule has 0 radical (unpaired) electrons. The van der Waals surface area contributed by atoms with Crippen LogP contribution in [-0.2, 0) is 23.0 Å². The van der Waals surface area contributed by atoms with Gasteiger partial charge in [-0.15, -0.1) is 0 Å². The number of rotatable bonds is 6. The smallest absolute Gasteiger partial charge is 0.384 e. The molecule has 0 saturated carbocycles. The summed E-state index contributed by atoms with van der Waals surface area (Å²) in [6.07, 6.45) is -4.10. The van der Waals surface area contributed by atoms with Crippen molar-refractivity contribution < 1.29 is 28.2 Å². The zero-order valence-electron chi connectivity index (χ0n) is 14.6. The van der Waals surface area contributed by atoms with Crippen molar-refractivity contribution in [2.45, 2.75) is 30.7 Å². The zero-order chi connectivity index (χ0) is 20.5. The minimum Gasteiger partial charge on any atom is -0.384 e. The molecule has 1 heterocycles. The molecule has 0 aliphatic rings. The Morgan fingerprint density at radius 2 is 2.00 bits per heavy atom. The molecule has 27 heavy (non-hydrogen) atoms. The molecule has 0 fully saturated rings. The lowest BCUT2D eigenvalue weighted by molar-refractivity contribution is -0.271. The largest absolute Gasteiger partial charge is 0.425 e. The van der Waals surface area contributed by atoms with Gasteiger partial charge in [0.2, 0.25) is 11.5 Å². The monoisotopic (exact) mass is 405 g/mol. The lowest BCUT2D eigenvalue weighted by Crippen LogP contribution is -2.49. The Bertz CT molecular complexity index is 823. The second-order valence-electron chi connectivity index (χ2n) is 6.46. The van der Waals surface area contributed by atoms with Crippen LogP contribution in [0.5, 0.6) is 0 Å². The maximum Gasteiger partial charge on any atom is 0.425 e. The molecule has 1 aromatic heterocycles. The van der Waals surface area contributed by atoms with Crippen LogP contribution in [0.2, 0.25) is 5.02 Å². The number of amides is 1. The van der Waals surface area contributed by atoms with E-state index in [-0.39, 0.29) is 6.54 Å². The first-order chi connectivity index (χ1) is 12.4. The number of aliphatic hydroxyl groups is 2. The number of benzene rings is 1. The molecule has 0 spiro atoms. The number of nitrogens with zero attached hydrogens (tertiary/aromatic N) is 2. The normalized spacial score (nSPS) is 16.4. The highest BCUT2D eigenvalue weighted by Crippen LogP contribution is 2.40. The van der Waals surface area contributed by atoms with E-state index in [1.54, 1.807) is 18.2 Å². The Hall–Kier alpha value is -2.10. The second-order valence-corrected chi connectivity index (χ2v) is 6.89. The highest BCUT2D eigenvalue weighted by Gasteiger charge is 2.58. The average molecular weight is 406 g/mol. The molecule has 0 aliphatic carbocycles. The SMILES string of the molecule is Cn1ccnc1[C@](O)(CC(=O)NC[C@@](C)(O)c1cccc(Cl)c1)C(F)(F)F. The number of hydrogen-bond donors (Lipinski definition) is 3. The fraction of sp³-hybridized carbons (Fsp3) is 0.412. The van der Waals surface area contributed by atoms with E-state index < -0.39 is 35.5 Å². The van der Waals surface area contributed by atoms with Crippen LogP contribution < -0.4 is 5.32 Å². The number of halogens is 4. The maximum atomic E-state index is 13.4. The minimum absolute atomic E-state index is 0.361. The quantitative estimate of drug-likeness (QED) is 0.688. The summed E-state index contributed by atoms with van der Waals surface area (Å²) in [5.74, 6) is -1.80. The third kappa shape index (κ3) is 4.60. The number of carbonyl (C=O) groups excluding carboxylic acids is 1. The molecule has 0 unspecified atom stereocenters. The fourth-order valence-electron chi connectivity index (χ4n) is 2.56. The van der Waals surface area contributed by atoms with Crippen LogP contribution in [0.4, 0.5) is 13.2 Å². The van der Waals surface area contributed by atoms with Crippen molar-refractivity contribution in [3.63, 3.8) is 0 Å². The predicted molar refractivity (Wildman–Crippen MR) is 91.8 cm³/mol. The molecule has 2 aromatic rings. The average Bonchev–Trinajstić information content (AvgIpc) is 2.98. The van der Waals surface area contributed by atoms with Gasteiger partial charge in [-0.1, -0.05) is 23.7 Å². The van der Waals surface area contributed by atoms with E-state index in [0.717, 1.165) is 10.8 Å². The number of aryl methyl sites for hydroxylation is 1. The molecule has 1 aromatic carbocycles. The van der Waals surface area contributed by atoms with E-state index in [9.17, 15) is 28.2 Å². The first-order valence-electron chi connectivity index (χ1n) is 7.89. The highest BCUT2D eigenvalue weighted by molar-refractivity contribution is 6.30. The molecule has 2 rings (SSSR count). The summed E-state index contributed by atoms with van der Waals surface area (Å²) in [6.45, 7) is 1.01. The van der Waals surface area contributed by atoms with Gasteiger partial charge in [-0.05, 0) is 24.6 Å². The van der Waals surface area contributed by atoms with E-state index in [4.69, 9.17) is 11.6 Å². The number of alkyl halides is 3. The van der Waals surface area contributed by atoms with Crippen LogP contribution >= 0.6 is 11.6 Å². The second kappa shape index (κ2) is 7.49. The van der Waals surface area contributed by atoms with Crippen LogP contribution in [-0.4, -0.2) is 38.4 Å². The van der Waals surface area contributed by atoms with Gasteiger partial charge in [0.15, 0.2) is 5.82 Å². The van der Waals surface area contributed by atoms with Crippen LogP contribution in [0.1, 0.15) is 24.7 Å². The van der Waals surface area contributed by atoms with Crippen molar-refractivity contribution in [2.24, 2.45) is 7.05 Å².